The van der Waals surface area contributed by atoms with E-state index in [1.54, 1.807) is 6.08 Å². The molecule has 94 valence electrons. The van der Waals surface area contributed by atoms with Crippen molar-refractivity contribution in [3.63, 3.8) is 0 Å². The summed E-state index contributed by atoms with van der Waals surface area (Å²) in [7, 11) is 0. The first kappa shape index (κ1) is 11.7. The van der Waals surface area contributed by atoms with Crippen LogP contribution in [0.15, 0.2) is 41.0 Å². The number of ether oxygens (including phenoxy) is 1. The Kier molecular flexibility index (Phi) is 2.92. The summed E-state index contributed by atoms with van der Waals surface area (Å²) in [5.41, 5.74) is 1.66. The molecule has 1 aromatic carbocycles. The monoisotopic (exact) mass is 271 g/mol. The molecule has 0 bridgehead atoms. The van der Waals surface area contributed by atoms with E-state index in [1.807, 2.05) is 37.3 Å². The maximum Gasteiger partial charge on any atom is 0.363 e. The lowest BCUT2D eigenvalue weighted by Gasteiger charge is -1.97. The topological polar surface area (TPSA) is 64.4 Å². The zero-order valence-corrected chi connectivity index (χ0v) is 10.8. The van der Waals surface area contributed by atoms with Crippen LogP contribution in [0.3, 0.4) is 0 Å². The Morgan fingerprint density at radius 2 is 2.05 bits per heavy atom. The Bertz CT molecular complexity index is 689. The molecule has 0 aliphatic carbocycles. The molecule has 0 radical (unpaired) electrons. The number of esters is 1. The van der Waals surface area contributed by atoms with Crippen LogP contribution in [0.4, 0.5) is 0 Å². The normalized spacial score (nSPS) is 16.6. The van der Waals surface area contributed by atoms with Gasteiger partial charge in [0.1, 0.15) is 5.69 Å². The van der Waals surface area contributed by atoms with Gasteiger partial charge in [0.15, 0.2) is 5.70 Å². The average Bonchev–Trinajstić information content (AvgIpc) is 2.99. The van der Waals surface area contributed by atoms with Gasteiger partial charge in [-0.3, -0.25) is 0 Å². The van der Waals surface area contributed by atoms with E-state index in [9.17, 15) is 4.79 Å². The molecule has 6 heteroatoms. The molecule has 19 heavy (non-hydrogen) atoms. The lowest BCUT2D eigenvalue weighted by Crippen LogP contribution is -2.04. The van der Waals surface area contributed by atoms with Crippen LogP contribution < -0.4 is 0 Å². The van der Waals surface area contributed by atoms with Crippen LogP contribution in [0.5, 0.6) is 0 Å². The summed E-state index contributed by atoms with van der Waals surface area (Å²) in [6.45, 7) is 1.89. The zero-order chi connectivity index (χ0) is 13.2. The summed E-state index contributed by atoms with van der Waals surface area (Å²) in [6.07, 6.45) is 1.59. The first-order chi connectivity index (χ1) is 9.24. The number of aromatic nitrogens is 2. The Balaban J connectivity index is 1.96. The molecule has 0 amide bonds. The molecular weight excluding hydrogens is 262 g/mol. The third-order valence-electron chi connectivity index (χ3n) is 2.60. The van der Waals surface area contributed by atoms with Crippen LogP contribution in [0.2, 0.25) is 0 Å². The van der Waals surface area contributed by atoms with Crippen molar-refractivity contribution in [1.82, 2.24) is 9.59 Å². The standard InChI is InChI=1S/C13H9N3O2S/c1-8-10(15-16-19-8)7-11-13(17)18-12(14-11)9-5-3-2-4-6-9/h2-7H,1H3/b11-7-. The molecule has 0 saturated carbocycles. The highest BCUT2D eigenvalue weighted by Gasteiger charge is 2.24. The summed E-state index contributed by atoms with van der Waals surface area (Å²) in [5, 5.41) is 3.93. The fraction of sp³-hybridized carbons (Fsp3) is 0.0769. The first-order valence-electron chi connectivity index (χ1n) is 5.61. The van der Waals surface area contributed by atoms with Gasteiger partial charge >= 0.3 is 5.97 Å². The van der Waals surface area contributed by atoms with Crippen molar-refractivity contribution in [3.8, 4) is 0 Å². The summed E-state index contributed by atoms with van der Waals surface area (Å²) < 4.78 is 8.96. The molecule has 0 spiro atoms. The quantitative estimate of drug-likeness (QED) is 0.620. The molecule has 0 atom stereocenters. The van der Waals surface area contributed by atoms with E-state index in [1.165, 1.54) is 11.5 Å². The van der Waals surface area contributed by atoms with Crippen molar-refractivity contribution >= 4 is 29.5 Å². The van der Waals surface area contributed by atoms with E-state index in [4.69, 9.17) is 4.74 Å². The molecule has 0 saturated heterocycles. The number of nitrogens with zero attached hydrogens (tertiary/aromatic N) is 3. The first-order valence-corrected chi connectivity index (χ1v) is 6.38. The predicted molar refractivity (Wildman–Crippen MR) is 71.7 cm³/mol. The molecule has 0 fully saturated rings. The summed E-state index contributed by atoms with van der Waals surface area (Å²) in [5.74, 6) is -0.149. The SMILES string of the molecule is Cc1snnc1/C=C1\N=C(c2ccccc2)OC1=O. The Morgan fingerprint density at radius 1 is 1.26 bits per heavy atom. The van der Waals surface area contributed by atoms with Gasteiger partial charge in [0, 0.05) is 16.5 Å². The molecule has 2 aromatic rings. The molecule has 1 aliphatic rings. The van der Waals surface area contributed by atoms with E-state index in [2.05, 4.69) is 14.6 Å². The highest BCUT2D eigenvalue weighted by atomic mass is 32.1. The van der Waals surface area contributed by atoms with E-state index < -0.39 is 5.97 Å². The van der Waals surface area contributed by atoms with Gasteiger partial charge < -0.3 is 4.74 Å². The van der Waals surface area contributed by atoms with Crippen molar-refractivity contribution in [2.45, 2.75) is 6.92 Å². The van der Waals surface area contributed by atoms with Gasteiger partial charge in [-0.05, 0) is 30.6 Å². The van der Waals surface area contributed by atoms with Crippen molar-refractivity contribution < 1.29 is 9.53 Å². The van der Waals surface area contributed by atoms with Crippen molar-refractivity contribution in [2.24, 2.45) is 4.99 Å². The second kappa shape index (κ2) is 4.74. The smallest absolute Gasteiger partial charge is 0.363 e. The van der Waals surface area contributed by atoms with Crippen LogP contribution in [-0.2, 0) is 9.53 Å². The lowest BCUT2D eigenvalue weighted by molar-refractivity contribution is -0.129. The maximum absolute atomic E-state index is 11.7. The molecule has 2 heterocycles. The van der Waals surface area contributed by atoms with Gasteiger partial charge in [-0.1, -0.05) is 22.7 Å². The average molecular weight is 271 g/mol. The predicted octanol–water partition coefficient (Wildman–Crippen LogP) is 2.19. The minimum absolute atomic E-state index is 0.245. The maximum atomic E-state index is 11.7. The van der Waals surface area contributed by atoms with Gasteiger partial charge in [0.2, 0.25) is 5.90 Å². The number of hydrogen-bond donors (Lipinski definition) is 0. The third-order valence-corrected chi connectivity index (χ3v) is 3.25. The van der Waals surface area contributed by atoms with E-state index >= 15 is 0 Å². The van der Waals surface area contributed by atoms with E-state index in [-0.39, 0.29) is 5.70 Å². The van der Waals surface area contributed by atoms with E-state index in [0.717, 1.165) is 10.4 Å². The van der Waals surface area contributed by atoms with Crippen LogP contribution >= 0.6 is 11.5 Å². The Labute approximate surface area is 113 Å². The summed E-state index contributed by atoms with van der Waals surface area (Å²) in [4.78, 5) is 16.9. The van der Waals surface area contributed by atoms with Crippen molar-refractivity contribution in [2.75, 3.05) is 0 Å². The minimum atomic E-state index is -0.466. The Morgan fingerprint density at radius 3 is 2.74 bits per heavy atom. The van der Waals surface area contributed by atoms with Gasteiger partial charge in [0.25, 0.3) is 0 Å². The second-order valence-corrected chi connectivity index (χ2v) is 4.87. The van der Waals surface area contributed by atoms with Gasteiger partial charge in [-0.25, -0.2) is 9.79 Å². The zero-order valence-electron chi connectivity index (χ0n) is 10.0. The largest absolute Gasteiger partial charge is 0.402 e. The molecule has 0 N–H and O–H groups in total. The van der Waals surface area contributed by atoms with Gasteiger partial charge in [-0.2, -0.15) is 0 Å². The summed E-state index contributed by atoms with van der Waals surface area (Å²) >= 11 is 1.28. The highest BCUT2D eigenvalue weighted by Crippen LogP contribution is 2.20. The number of cyclic esters (lactones) is 1. The number of carbonyl (C=O) groups is 1. The van der Waals surface area contributed by atoms with Crippen molar-refractivity contribution in [1.29, 1.82) is 0 Å². The van der Waals surface area contributed by atoms with Crippen LogP contribution in [-0.4, -0.2) is 21.5 Å². The summed E-state index contributed by atoms with van der Waals surface area (Å²) in [6, 6.07) is 9.29. The molecule has 1 aromatic heterocycles. The Hall–Kier alpha value is -2.34. The van der Waals surface area contributed by atoms with Crippen molar-refractivity contribution in [3.05, 3.63) is 52.2 Å². The lowest BCUT2D eigenvalue weighted by atomic mass is 10.2. The number of benzene rings is 1. The third kappa shape index (κ3) is 2.30. The number of aryl methyl sites for hydroxylation is 1. The highest BCUT2D eigenvalue weighted by molar-refractivity contribution is 7.05. The fourth-order valence-electron chi connectivity index (χ4n) is 1.62. The number of carbonyl (C=O) groups excluding carboxylic acids is 1. The molecule has 5 nitrogen and oxygen atoms in total. The van der Waals surface area contributed by atoms with Crippen LogP contribution in [0.1, 0.15) is 16.1 Å². The molecule has 3 rings (SSSR count). The fourth-order valence-corrected chi connectivity index (χ4v) is 2.06. The van der Waals surface area contributed by atoms with E-state index in [0.29, 0.717) is 11.6 Å². The molecule has 0 unspecified atom stereocenters. The van der Waals surface area contributed by atoms with Gasteiger partial charge in [-0.15, -0.1) is 5.10 Å². The molecule has 1 aliphatic heterocycles. The number of hydrogen-bond acceptors (Lipinski definition) is 6. The molecular formula is C13H9N3O2S. The number of rotatable bonds is 2. The number of aliphatic imine (C=N–C) groups is 1. The van der Waals surface area contributed by atoms with Crippen LogP contribution in [0, 0.1) is 6.92 Å². The van der Waals surface area contributed by atoms with Gasteiger partial charge in [0.05, 0.1) is 0 Å². The van der Waals surface area contributed by atoms with Crippen LogP contribution in [0.25, 0.3) is 6.08 Å². The second-order valence-electron chi connectivity index (χ2n) is 3.92. The minimum Gasteiger partial charge on any atom is -0.402 e.